The number of ketones is 2. The van der Waals surface area contributed by atoms with Crippen LogP contribution in [0, 0.1) is 10.8 Å². The molecule has 1 aromatic heterocycles. The summed E-state index contributed by atoms with van der Waals surface area (Å²) in [6, 6.07) is 6.93. The van der Waals surface area contributed by atoms with E-state index in [2.05, 4.69) is 51.7 Å². The number of methoxy groups -OCH3 is 1. The fraction of sp³-hybridized carbons (Fsp3) is 0.590. The van der Waals surface area contributed by atoms with Gasteiger partial charge in [0.2, 0.25) is 11.6 Å². The Bertz CT molecular complexity index is 1780. The lowest BCUT2D eigenvalue weighted by Crippen LogP contribution is -2.53. The largest absolute Gasteiger partial charge is 0.497 e. The summed E-state index contributed by atoms with van der Waals surface area (Å²) in [6.45, 7) is 9.81. The van der Waals surface area contributed by atoms with E-state index in [1.54, 1.807) is 13.2 Å². The van der Waals surface area contributed by atoms with Gasteiger partial charge in [0, 0.05) is 59.5 Å². The molecule has 1 aliphatic carbocycles. The van der Waals surface area contributed by atoms with Crippen molar-refractivity contribution in [2.24, 2.45) is 10.8 Å². The van der Waals surface area contributed by atoms with Gasteiger partial charge in [-0.25, -0.2) is 0 Å². The van der Waals surface area contributed by atoms with E-state index in [1.165, 1.54) is 59.1 Å². The molecular weight excluding hydrogens is 572 g/mol. The van der Waals surface area contributed by atoms with Gasteiger partial charge in [-0.1, -0.05) is 13.8 Å². The van der Waals surface area contributed by atoms with Crippen LogP contribution in [0.4, 0.5) is 0 Å². The Morgan fingerprint density at radius 3 is 2.65 bits per heavy atom. The highest BCUT2D eigenvalue weighted by molar-refractivity contribution is 6.49. The minimum absolute atomic E-state index is 0.0189. The quantitative estimate of drug-likeness (QED) is 0.309. The van der Waals surface area contributed by atoms with Crippen LogP contribution >= 0.6 is 0 Å². The first kappa shape index (κ1) is 28.9. The lowest BCUT2D eigenvalue weighted by atomic mass is 9.62. The van der Waals surface area contributed by atoms with Gasteiger partial charge in [-0.2, -0.15) is 0 Å². The second-order valence-corrected chi connectivity index (χ2v) is 15.2. The molecule has 2 saturated heterocycles. The van der Waals surface area contributed by atoms with Gasteiger partial charge in [0.15, 0.2) is 0 Å². The molecule has 7 nitrogen and oxygen atoms in total. The third-order valence-electron chi connectivity index (χ3n) is 13.5. The molecule has 2 aromatic rings. The second kappa shape index (κ2) is 10.3. The van der Waals surface area contributed by atoms with E-state index < -0.39 is 0 Å². The first-order valence-electron chi connectivity index (χ1n) is 18.2. The number of carbonyl (C=O) groups is 2. The Morgan fingerprint density at radius 1 is 0.978 bits per heavy atom. The van der Waals surface area contributed by atoms with Crippen LogP contribution in [0.1, 0.15) is 101 Å². The fourth-order valence-electron chi connectivity index (χ4n) is 11.4. The lowest BCUT2D eigenvalue weighted by molar-refractivity contribution is -0.131. The molecule has 6 aliphatic heterocycles. The van der Waals surface area contributed by atoms with Crippen LogP contribution in [0.3, 0.4) is 0 Å². The van der Waals surface area contributed by atoms with Crippen LogP contribution in [-0.2, 0) is 16.0 Å². The third-order valence-corrected chi connectivity index (χ3v) is 13.5. The summed E-state index contributed by atoms with van der Waals surface area (Å²) in [5, 5.41) is 5.16. The molecule has 7 heteroatoms. The monoisotopic (exact) mass is 620 g/mol. The van der Waals surface area contributed by atoms with Gasteiger partial charge in [0.25, 0.3) is 0 Å². The number of hydrogen-bond acceptors (Lipinski definition) is 6. The molecule has 0 radical (unpaired) electrons. The number of carbonyl (C=O) groups excluding carboxylic acids is 2. The molecule has 0 saturated carbocycles. The number of benzene rings is 1. The Labute approximate surface area is 272 Å². The lowest BCUT2D eigenvalue weighted by Gasteiger charge is -2.57. The van der Waals surface area contributed by atoms with Crippen LogP contribution in [0.5, 0.6) is 5.75 Å². The molecule has 46 heavy (non-hydrogen) atoms. The summed E-state index contributed by atoms with van der Waals surface area (Å²) >= 11 is 0. The van der Waals surface area contributed by atoms with E-state index in [4.69, 9.17) is 4.74 Å². The minimum Gasteiger partial charge on any atom is -0.497 e. The van der Waals surface area contributed by atoms with Gasteiger partial charge in [0.05, 0.1) is 30.5 Å². The maximum atomic E-state index is 14.2. The van der Waals surface area contributed by atoms with Crippen molar-refractivity contribution in [1.82, 2.24) is 19.7 Å². The zero-order chi connectivity index (χ0) is 31.4. The van der Waals surface area contributed by atoms with E-state index in [-0.39, 0.29) is 28.4 Å². The molecule has 4 unspecified atom stereocenters. The maximum Gasteiger partial charge on any atom is 0.235 e. The molecule has 7 heterocycles. The van der Waals surface area contributed by atoms with Gasteiger partial charge in [-0.3, -0.25) is 14.5 Å². The van der Waals surface area contributed by atoms with Crippen molar-refractivity contribution in [3.63, 3.8) is 0 Å². The average Bonchev–Trinajstić information content (AvgIpc) is 3.68. The van der Waals surface area contributed by atoms with Crippen molar-refractivity contribution in [2.75, 3.05) is 39.8 Å². The first-order chi connectivity index (χ1) is 22.4. The zero-order valence-electron chi connectivity index (χ0n) is 27.8. The number of rotatable bonds is 4. The molecule has 7 aliphatic rings. The third kappa shape index (κ3) is 3.75. The standard InChI is InChI=1S/C39H48N4O3/c1-4-38-13-6-16-40-33-28(22-31(44)35(45)32(33)26-12-20-41(36(26)38)17-7-14-38)30-23-39(5-2)15-8-18-42-19-11-25-27-21-24(46-3)9-10-29(27)43(30)34(25)37(39)42/h9-10,21-22,30,37,40H,4-8,11-20,23H2,1-3H3. The molecule has 0 bridgehead atoms. The molecule has 2 fully saturated rings. The highest BCUT2D eigenvalue weighted by Gasteiger charge is 2.55. The number of fused-ring (bicyclic) bond motifs is 4. The second-order valence-electron chi connectivity index (χ2n) is 15.2. The molecule has 0 amide bonds. The van der Waals surface area contributed by atoms with Crippen LogP contribution in [0.2, 0.25) is 0 Å². The van der Waals surface area contributed by atoms with Gasteiger partial charge in [-0.05, 0) is 118 Å². The Balaban J connectivity index is 1.30. The van der Waals surface area contributed by atoms with Crippen LogP contribution in [0.25, 0.3) is 10.9 Å². The Kier molecular flexibility index (Phi) is 6.49. The van der Waals surface area contributed by atoms with Gasteiger partial charge in [0.1, 0.15) is 5.75 Å². The summed E-state index contributed by atoms with van der Waals surface area (Å²) in [7, 11) is 1.75. The average molecular weight is 621 g/mol. The molecule has 9 rings (SSSR count). The van der Waals surface area contributed by atoms with Gasteiger partial charge < -0.3 is 19.5 Å². The molecule has 4 atom stereocenters. The van der Waals surface area contributed by atoms with Crippen molar-refractivity contribution in [1.29, 1.82) is 0 Å². The summed E-state index contributed by atoms with van der Waals surface area (Å²) in [4.78, 5) is 33.5. The van der Waals surface area contributed by atoms with E-state index in [0.717, 1.165) is 94.7 Å². The zero-order valence-corrected chi connectivity index (χ0v) is 27.8. The van der Waals surface area contributed by atoms with Crippen molar-refractivity contribution in [2.45, 2.75) is 96.6 Å². The number of ether oxygens (including phenoxy) is 1. The van der Waals surface area contributed by atoms with Crippen molar-refractivity contribution in [3.05, 3.63) is 63.6 Å². The van der Waals surface area contributed by atoms with Crippen molar-refractivity contribution in [3.8, 4) is 5.75 Å². The number of piperidine rings is 2. The van der Waals surface area contributed by atoms with E-state index in [1.807, 2.05) is 0 Å². The smallest absolute Gasteiger partial charge is 0.235 e. The Hall–Kier alpha value is -3.32. The van der Waals surface area contributed by atoms with Gasteiger partial charge >= 0.3 is 0 Å². The number of allylic oxidation sites excluding steroid dienone is 4. The summed E-state index contributed by atoms with van der Waals surface area (Å²) in [5.41, 5.74) is 9.63. The molecule has 1 aromatic carbocycles. The number of hydrogen-bond donors (Lipinski definition) is 1. The SMILES string of the molecule is CCC12CCCNC3=C(C(=O)C(=O)C=C3C3CC4(CC)CCCN5CCc6c(n3c3ccc(OC)cc63)C54)C3=C1N(CCC2)CC3. The molecule has 242 valence electrons. The number of Topliss-reactive ketones (excluding diaryl/α,β-unsaturated/α-hetero) is 1. The van der Waals surface area contributed by atoms with Gasteiger partial charge in [-0.15, -0.1) is 0 Å². The predicted octanol–water partition coefficient (Wildman–Crippen LogP) is 6.55. The van der Waals surface area contributed by atoms with Crippen LogP contribution < -0.4 is 10.1 Å². The normalized spacial score (nSPS) is 32.3. The highest BCUT2D eigenvalue weighted by atomic mass is 16.5. The predicted molar refractivity (Wildman–Crippen MR) is 180 cm³/mol. The number of nitrogens with one attached hydrogen (secondary N) is 1. The summed E-state index contributed by atoms with van der Waals surface area (Å²) in [5.74, 6) is 0.242. The molecule has 1 N–H and O–H groups in total. The van der Waals surface area contributed by atoms with Crippen LogP contribution in [-0.4, -0.2) is 65.8 Å². The fourth-order valence-corrected chi connectivity index (χ4v) is 11.4. The maximum absolute atomic E-state index is 14.2. The number of nitrogens with zero attached hydrogens (tertiary/aromatic N) is 3. The van der Waals surface area contributed by atoms with E-state index >= 15 is 0 Å². The number of aromatic nitrogens is 1. The molecule has 0 spiro atoms. The van der Waals surface area contributed by atoms with Crippen LogP contribution in [0.15, 0.2) is 52.4 Å². The first-order valence-corrected chi connectivity index (χ1v) is 18.2. The summed E-state index contributed by atoms with van der Waals surface area (Å²) < 4.78 is 8.36. The minimum atomic E-state index is -0.343. The highest BCUT2D eigenvalue weighted by Crippen LogP contribution is 2.62. The topological polar surface area (TPSA) is 66.8 Å². The van der Waals surface area contributed by atoms with E-state index in [9.17, 15) is 9.59 Å². The van der Waals surface area contributed by atoms with Crippen molar-refractivity contribution >= 4 is 22.5 Å². The summed E-state index contributed by atoms with van der Waals surface area (Å²) in [6.07, 6.45) is 13.8. The van der Waals surface area contributed by atoms with Crippen molar-refractivity contribution < 1.29 is 14.3 Å². The Morgan fingerprint density at radius 2 is 1.83 bits per heavy atom. The van der Waals surface area contributed by atoms with E-state index in [0.29, 0.717) is 11.6 Å². The molecular formula is C39H48N4O3.